The van der Waals surface area contributed by atoms with E-state index in [-0.39, 0.29) is 12.2 Å². The van der Waals surface area contributed by atoms with Gasteiger partial charge in [0, 0.05) is 6.61 Å². The summed E-state index contributed by atoms with van der Waals surface area (Å²) in [5.74, 6) is 2.45. The number of rotatable bonds is 9. The van der Waals surface area contributed by atoms with Crippen molar-refractivity contribution in [1.29, 1.82) is 0 Å². The van der Waals surface area contributed by atoms with Gasteiger partial charge in [0.25, 0.3) is 5.56 Å². The van der Waals surface area contributed by atoms with Gasteiger partial charge in [-0.2, -0.15) is 13.2 Å². The van der Waals surface area contributed by atoms with Gasteiger partial charge in [0.2, 0.25) is 0 Å². The summed E-state index contributed by atoms with van der Waals surface area (Å²) in [7, 11) is 0. The van der Waals surface area contributed by atoms with E-state index in [0.29, 0.717) is 32.4 Å². The number of hydrogen-bond acceptors (Lipinski definition) is 9. The number of aliphatic hydroxyl groups excluding tert-OH is 2. The molecule has 2 aliphatic rings. The van der Waals surface area contributed by atoms with Gasteiger partial charge in [-0.25, -0.2) is 0 Å². The smallest absolute Gasteiger partial charge is 0.432 e. The quantitative estimate of drug-likeness (QED) is 0.270. The van der Waals surface area contributed by atoms with Crippen molar-refractivity contribution in [2.75, 3.05) is 19.8 Å². The summed E-state index contributed by atoms with van der Waals surface area (Å²) in [6, 6.07) is 13.9. The van der Waals surface area contributed by atoms with Crippen molar-refractivity contribution in [3.8, 4) is 17.2 Å². The van der Waals surface area contributed by atoms with E-state index in [2.05, 4.69) is 17.1 Å². The molecule has 0 bridgehead atoms. The van der Waals surface area contributed by atoms with Crippen LogP contribution in [-0.2, 0) is 22.1 Å². The second-order valence-electron chi connectivity index (χ2n) is 11.1. The number of alkyl halides is 3. The molecule has 2 heterocycles. The van der Waals surface area contributed by atoms with Crippen LogP contribution in [0.3, 0.4) is 0 Å². The van der Waals surface area contributed by atoms with Crippen LogP contribution in [0.25, 0.3) is 0 Å². The number of hydrogen-bond donors (Lipinski definition) is 4. The molecule has 1 aliphatic carbocycles. The average molecular weight is 636 g/mol. The van der Waals surface area contributed by atoms with Crippen LogP contribution in [0, 0.1) is 6.92 Å². The van der Waals surface area contributed by atoms with E-state index in [4.69, 9.17) is 24.7 Å². The Morgan fingerprint density at radius 2 is 1.69 bits per heavy atom. The number of nitrogens with one attached hydrogen (secondary N) is 1. The van der Waals surface area contributed by atoms with Crippen molar-refractivity contribution in [3.63, 3.8) is 0 Å². The zero-order valence-corrected chi connectivity index (χ0v) is 25.0. The molecular weight excluding hydrogens is 595 g/mol. The summed E-state index contributed by atoms with van der Waals surface area (Å²) in [4.78, 5) is 15.0. The first-order valence-corrected chi connectivity index (χ1v) is 15.0. The van der Waals surface area contributed by atoms with Crippen LogP contribution in [0.4, 0.5) is 13.2 Å². The van der Waals surface area contributed by atoms with Gasteiger partial charge in [0.15, 0.2) is 0 Å². The van der Waals surface area contributed by atoms with E-state index in [1.807, 2.05) is 37.3 Å². The molecule has 3 unspecified atom stereocenters. The Balaban J connectivity index is 0.000000354. The number of aryl methyl sites for hydroxylation is 1. The second-order valence-corrected chi connectivity index (χ2v) is 11.1. The first-order valence-electron chi connectivity index (χ1n) is 15.0. The van der Waals surface area contributed by atoms with Crippen LogP contribution in [0.1, 0.15) is 48.9 Å². The molecule has 2 fully saturated rings. The number of aromatic amines is 1. The highest BCUT2D eigenvalue weighted by Gasteiger charge is 2.33. The fourth-order valence-electron chi connectivity index (χ4n) is 5.13. The highest BCUT2D eigenvalue weighted by Crippen LogP contribution is 2.30. The highest BCUT2D eigenvalue weighted by atomic mass is 19.4. The third-order valence-electron chi connectivity index (χ3n) is 7.62. The number of benzene rings is 2. The van der Waals surface area contributed by atoms with E-state index in [1.165, 1.54) is 5.56 Å². The van der Waals surface area contributed by atoms with Crippen molar-refractivity contribution >= 4 is 0 Å². The van der Waals surface area contributed by atoms with Gasteiger partial charge in [0.1, 0.15) is 35.2 Å². The third kappa shape index (κ3) is 10.5. The van der Waals surface area contributed by atoms with Crippen LogP contribution in [-0.4, -0.2) is 70.5 Å². The van der Waals surface area contributed by atoms with Gasteiger partial charge in [-0.3, -0.25) is 9.78 Å². The Morgan fingerprint density at radius 1 is 1.00 bits per heavy atom. The predicted molar refractivity (Wildman–Crippen MR) is 159 cm³/mol. The molecule has 246 valence electrons. The summed E-state index contributed by atoms with van der Waals surface area (Å²) >= 11 is 0. The summed E-state index contributed by atoms with van der Waals surface area (Å²) in [6.07, 6.45) is -0.0230. The lowest BCUT2D eigenvalue weighted by Crippen LogP contribution is -2.47. The molecule has 1 saturated heterocycles. The Bertz CT molecular complexity index is 1400. The van der Waals surface area contributed by atoms with Crippen molar-refractivity contribution < 1.29 is 42.3 Å². The summed E-state index contributed by atoms with van der Waals surface area (Å²) < 4.78 is 59.0. The first kappa shape index (κ1) is 34.4. The standard InChI is InChI=1S/C27H37NO6.C5H3F3N2O/c1-18-16-19(12-14-28)2-11-25(18)34-23-9-7-22(8-10-23)33-21-5-3-20(4-6-21)32-17-26-27(30)24(29)13-15-31-26;6-5(7,8)3-1-9-2-4(11)10-3/h2,7-11,16,20-21,24,26-27,29-30H,3-6,12-15,17,28H2,1H3;1-2H,(H,10,11). The number of aliphatic hydroxyl groups is 2. The Hall–Kier alpha value is -3.49. The fourth-order valence-corrected chi connectivity index (χ4v) is 5.13. The molecule has 1 aliphatic heterocycles. The lowest BCUT2D eigenvalue weighted by atomic mass is 9.94. The van der Waals surface area contributed by atoms with E-state index >= 15 is 0 Å². The molecule has 0 amide bonds. The molecule has 45 heavy (non-hydrogen) atoms. The molecule has 1 saturated carbocycles. The number of H-pyrrole nitrogens is 1. The van der Waals surface area contributed by atoms with Crippen molar-refractivity contribution in [1.82, 2.24) is 9.97 Å². The average Bonchev–Trinajstić information content (AvgIpc) is 3.01. The Labute approximate surface area is 259 Å². The third-order valence-corrected chi connectivity index (χ3v) is 7.62. The van der Waals surface area contributed by atoms with Crippen LogP contribution in [0.2, 0.25) is 0 Å². The summed E-state index contributed by atoms with van der Waals surface area (Å²) in [5, 5.41) is 19.8. The molecule has 5 N–H and O–H groups in total. The number of nitrogens with zero attached hydrogens (tertiary/aromatic N) is 1. The molecule has 0 radical (unpaired) electrons. The Morgan fingerprint density at radius 3 is 2.31 bits per heavy atom. The maximum Gasteiger partial charge on any atom is 0.432 e. The fraction of sp³-hybridized carbons (Fsp3) is 0.500. The molecule has 3 atom stereocenters. The van der Waals surface area contributed by atoms with Gasteiger partial charge >= 0.3 is 6.18 Å². The monoisotopic (exact) mass is 635 g/mol. The van der Waals surface area contributed by atoms with Gasteiger partial charge in [-0.15, -0.1) is 0 Å². The van der Waals surface area contributed by atoms with E-state index in [0.717, 1.165) is 61.1 Å². The molecule has 5 rings (SSSR count). The van der Waals surface area contributed by atoms with Gasteiger partial charge in [0.05, 0.1) is 37.3 Å². The molecule has 0 spiro atoms. The molecule has 2 aromatic carbocycles. The maximum absolute atomic E-state index is 11.8. The molecule has 13 heteroatoms. The van der Waals surface area contributed by atoms with Gasteiger partial charge in [-0.05, 0) is 93.5 Å². The van der Waals surface area contributed by atoms with Crippen LogP contribution in [0.5, 0.6) is 17.2 Å². The second kappa shape index (κ2) is 16.2. The minimum absolute atomic E-state index is 0.130. The lowest BCUT2D eigenvalue weighted by Gasteiger charge is -2.34. The largest absolute Gasteiger partial charge is 0.490 e. The van der Waals surface area contributed by atoms with Crippen molar-refractivity contribution in [3.05, 3.63) is 82.0 Å². The van der Waals surface area contributed by atoms with E-state index in [9.17, 15) is 28.2 Å². The maximum atomic E-state index is 11.8. The molecular formula is C32H40F3N3O7. The number of aromatic nitrogens is 2. The van der Waals surface area contributed by atoms with Crippen LogP contribution < -0.4 is 20.8 Å². The molecule has 10 nitrogen and oxygen atoms in total. The molecule has 1 aromatic heterocycles. The lowest BCUT2D eigenvalue weighted by molar-refractivity contribution is -0.164. The van der Waals surface area contributed by atoms with Crippen molar-refractivity contribution in [2.24, 2.45) is 5.73 Å². The number of halogens is 3. The Kier molecular flexibility index (Phi) is 12.4. The summed E-state index contributed by atoms with van der Waals surface area (Å²) in [5.41, 5.74) is 5.95. The molecule has 3 aromatic rings. The highest BCUT2D eigenvalue weighted by molar-refractivity contribution is 5.41. The van der Waals surface area contributed by atoms with Crippen LogP contribution >= 0.6 is 0 Å². The normalized spacial score (nSPS) is 23.5. The minimum Gasteiger partial charge on any atom is -0.490 e. The zero-order chi connectivity index (χ0) is 32.4. The first-order chi connectivity index (χ1) is 21.5. The number of nitrogens with two attached hydrogens (primary N) is 1. The van der Waals surface area contributed by atoms with E-state index in [1.54, 1.807) is 4.98 Å². The van der Waals surface area contributed by atoms with Crippen molar-refractivity contribution in [2.45, 2.75) is 82.1 Å². The number of ether oxygens (including phenoxy) is 4. The van der Waals surface area contributed by atoms with Crippen LogP contribution in [0.15, 0.2) is 59.7 Å². The van der Waals surface area contributed by atoms with E-state index < -0.39 is 35.7 Å². The van der Waals surface area contributed by atoms with Gasteiger partial charge in [-0.1, -0.05) is 12.1 Å². The SMILES string of the molecule is Cc1cc(CCN)ccc1Oc1ccc(OC2CCC(OCC3OCCC(O)C3O)CC2)cc1.O=c1cncc(C(F)(F)F)[nH]1. The topological polar surface area (TPSA) is 149 Å². The van der Waals surface area contributed by atoms with Gasteiger partial charge < -0.3 is 39.9 Å². The minimum atomic E-state index is -4.53. The zero-order valence-electron chi connectivity index (χ0n) is 25.0. The predicted octanol–water partition coefficient (Wildman–Crippen LogP) is 4.29. The summed E-state index contributed by atoms with van der Waals surface area (Å²) in [6.45, 7) is 3.45.